The van der Waals surface area contributed by atoms with Gasteiger partial charge in [0.1, 0.15) is 0 Å². The van der Waals surface area contributed by atoms with Gasteiger partial charge in [0.05, 0.1) is 11.8 Å². The molecular formula is C18H23NO4. The van der Waals surface area contributed by atoms with E-state index >= 15 is 0 Å². The monoisotopic (exact) mass is 317 g/mol. The predicted octanol–water partition coefficient (Wildman–Crippen LogP) is 1.81. The third kappa shape index (κ3) is 3.72. The van der Waals surface area contributed by atoms with E-state index in [0.29, 0.717) is 25.4 Å². The van der Waals surface area contributed by atoms with Gasteiger partial charge in [0.2, 0.25) is 5.91 Å². The molecule has 2 atom stereocenters. The van der Waals surface area contributed by atoms with Crippen molar-refractivity contribution in [2.24, 2.45) is 17.8 Å². The van der Waals surface area contributed by atoms with Crippen molar-refractivity contribution in [3.63, 3.8) is 0 Å². The van der Waals surface area contributed by atoms with Crippen LogP contribution in [0.5, 0.6) is 0 Å². The lowest BCUT2D eigenvalue weighted by Gasteiger charge is -2.27. The van der Waals surface area contributed by atoms with Crippen molar-refractivity contribution in [1.82, 2.24) is 4.90 Å². The van der Waals surface area contributed by atoms with Gasteiger partial charge in [-0.25, -0.2) is 0 Å². The van der Waals surface area contributed by atoms with Crippen molar-refractivity contribution in [2.75, 3.05) is 26.3 Å². The molecule has 0 saturated carbocycles. The molecule has 1 aromatic carbocycles. The Balaban J connectivity index is 1.69. The molecule has 0 spiro atoms. The number of hydrogen-bond donors (Lipinski definition) is 1. The summed E-state index contributed by atoms with van der Waals surface area (Å²) in [5.74, 6) is -1.50. The Hall–Kier alpha value is -1.88. The van der Waals surface area contributed by atoms with Gasteiger partial charge >= 0.3 is 5.97 Å². The van der Waals surface area contributed by atoms with Crippen molar-refractivity contribution >= 4 is 11.9 Å². The Bertz CT molecular complexity index is 553. The van der Waals surface area contributed by atoms with Gasteiger partial charge in [0.15, 0.2) is 0 Å². The first-order valence-electron chi connectivity index (χ1n) is 8.28. The van der Waals surface area contributed by atoms with E-state index in [1.54, 1.807) is 4.90 Å². The fourth-order valence-corrected chi connectivity index (χ4v) is 3.61. The average molecular weight is 317 g/mol. The molecule has 0 aliphatic carbocycles. The van der Waals surface area contributed by atoms with E-state index in [-0.39, 0.29) is 5.91 Å². The number of carboxylic acid groups (broad SMARTS) is 1. The van der Waals surface area contributed by atoms with E-state index in [0.717, 1.165) is 31.6 Å². The van der Waals surface area contributed by atoms with Gasteiger partial charge in [0, 0.05) is 26.3 Å². The van der Waals surface area contributed by atoms with Crippen LogP contribution in [-0.2, 0) is 20.7 Å². The molecule has 2 aliphatic heterocycles. The first-order chi connectivity index (χ1) is 11.1. The summed E-state index contributed by atoms with van der Waals surface area (Å²) in [6, 6.07) is 9.67. The first kappa shape index (κ1) is 16.0. The highest BCUT2D eigenvalue weighted by atomic mass is 16.5. The highest BCUT2D eigenvalue weighted by Crippen LogP contribution is 2.30. The smallest absolute Gasteiger partial charge is 0.309 e. The van der Waals surface area contributed by atoms with Crippen molar-refractivity contribution in [1.29, 1.82) is 0 Å². The molecule has 2 heterocycles. The summed E-state index contributed by atoms with van der Waals surface area (Å²) in [5, 5.41) is 9.50. The lowest BCUT2D eigenvalue weighted by atomic mass is 9.89. The van der Waals surface area contributed by atoms with E-state index in [1.807, 2.05) is 30.3 Å². The Morgan fingerprint density at radius 2 is 1.91 bits per heavy atom. The zero-order valence-electron chi connectivity index (χ0n) is 13.2. The lowest BCUT2D eigenvalue weighted by molar-refractivity contribution is -0.144. The van der Waals surface area contributed by atoms with E-state index in [1.165, 1.54) is 0 Å². The third-order valence-corrected chi connectivity index (χ3v) is 4.97. The maximum absolute atomic E-state index is 12.7. The number of rotatable bonds is 5. The van der Waals surface area contributed by atoms with Crippen LogP contribution in [0.4, 0.5) is 0 Å². The third-order valence-electron chi connectivity index (χ3n) is 4.97. The number of nitrogens with zero attached hydrogens (tertiary/aromatic N) is 1. The minimum absolute atomic E-state index is 0.00672. The molecular weight excluding hydrogens is 294 g/mol. The molecule has 0 unspecified atom stereocenters. The van der Waals surface area contributed by atoms with E-state index < -0.39 is 17.8 Å². The van der Waals surface area contributed by atoms with Gasteiger partial charge in [-0.05, 0) is 30.7 Å². The van der Waals surface area contributed by atoms with E-state index in [2.05, 4.69) is 0 Å². The lowest BCUT2D eigenvalue weighted by Crippen LogP contribution is -2.35. The summed E-state index contributed by atoms with van der Waals surface area (Å²) >= 11 is 0. The van der Waals surface area contributed by atoms with Crippen LogP contribution in [0.15, 0.2) is 30.3 Å². The fraction of sp³-hybridized carbons (Fsp3) is 0.556. The number of amides is 1. The van der Waals surface area contributed by atoms with Crippen LogP contribution in [0.2, 0.25) is 0 Å². The molecule has 5 nitrogen and oxygen atoms in total. The Morgan fingerprint density at radius 3 is 2.57 bits per heavy atom. The van der Waals surface area contributed by atoms with Crippen LogP contribution in [0.3, 0.4) is 0 Å². The Labute approximate surface area is 136 Å². The van der Waals surface area contributed by atoms with Gasteiger partial charge in [-0.1, -0.05) is 30.3 Å². The summed E-state index contributed by atoms with van der Waals surface area (Å²) in [4.78, 5) is 26.1. The average Bonchev–Trinajstić information content (AvgIpc) is 2.86. The first-order valence-corrected chi connectivity index (χ1v) is 8.28. The van der Waals surface area contributed by atoms with Gasteiger partial charge in [-0.3, -0.25) is 9.59 Å². The van der Waals surface area contributed by atoms with Crippen molar-refractivity contribution in [2.45, 2.75) is 19.3 Å². The van der Waals surface area contributed by atoms with Gasteiger partial charge < -0.3 is 14.7 Å². The Morgan fingerprint density at radius 1 is 1.22 bits per heavy atom. The molecule has 0 radical (unpaired) electrons. The summed E-state index contributed by atoms with van der Waals surface area (Å²) in [5.41, 5.74) is 1.02. The second kappa shape index (κ2) is 7.13. The number of hydrogen-bond acceptors (Lipinski definition) is 3. The highest BCUT2D eigenvalue weighted by molar-refractivity contribution is 5.88. The Kier molecular flexibility index (Phi) is 4.96. The molecule has 1 aromatic rings. The van der Waals surface area contributed by atoms with Crippen LogP contribution in [0.1, 0.15) is 18.4 Å². The number of benzene rings is 1. The largest absolute Gasteiger partial charge is 0.481 e. The molecule has 0 bridgehead atoms. The zero-order valence-corrected chi connectivity index (χ0v) is 13.2. The molecule has 2 fully saturated rings. The van der Waals surface area contributed by atoms with Gasteiger partial charge in [-0.2, -0.15) is 0 Å². The fourth-order valence-electron chi connectivity index (χ4n) is 3.61. The topological polar surface area (TPSA) is 66.8 Å². The summed E-state index contributed by atoms with van der Waals surface area (Å²) in [7, 11) is 0. The number of carbonyl (C=O) groups excluding carboxylic acids is 1. The quantitative estimate of drug-likeness (QED) is 0.899. The maximum Gasteiger partial charge on any atom is 0.309 e. The van der Waals surface area contributed by atoms with Gasteiger partial charge in [-0.15, -0.1) is 0 Å². The summed E-state index contributed by atoms with van der Waals surface area (Å²) in [6.45, 7) is 2.48. The number of carbonyl (C=O) groups is 2. The second-order valence-corrected chi connectivity index (χ2v) is 6.54. The molecule has 1 N–H and O–H groups in total. The molecule has 1 amide bonds. The van der Waals surface area contributed by atoms with Gasteiger partial charge in [0.25, 0.3) is 0 Å². The summed E-state index contributed by atoms with van der Waals surface area (Å²) in [6.07, 6.45) is 2.40. The molecule has 23 heavy (non-hydrogen) atoms. The van der Waals surface area contributed by atoms with Crippen LogP contribution in [0.25, 0.3) is 0 Å². The standard InChI is InChI=1S/C18H23NO4/c20-17-15(10-13-4-2-1-3-5-13)16(18(21)22)12-19(17)11-14-6-8-23-9-7-14/h1-5,14-16H,6-12H2,(H,21,22)/t15-,16+/m1/s1. The number of likely N-dealkylation sites (tertiary alicyclic amines) is 1. The maximum atomic E-state index is 12.7. The molecule has 2 saturated heterocycles. The highest BCUT2D eigenvalue weighted by Gasteiger charge is 2.44. The van der Waals surface area contributed by atoms with E-state index in [9.17, 15) is 14.7 Å². The molecule has 5 heteroatoms. The number of aliphatic carboxylic acids is 1. The minimum atomic E-state index is -0.867. The van der Waals surface area contributed by atoms with Crippen LogP contribution >= 0.6 is 0 Å². The van der Waals surface area contributed by atoms with Crippen molar-refractivity contribution in [3.05, 3.63) is 35.9 Å². The zero-order chi connectivity index (χ0) is 16.2. The SMILES string of the molecule is O=C(O)[C@H]1CN(CC2CCOCC2)C(=O)[C@@H]1Cc1ccccc1. The molecule has 2 aliphatic rings. The predicted molar refractivity (Wildman–Crippen MR) is 84.9 cm³/mol. The molecule has 0 aromatic heterocycles. The molecule has 124 valence electrons. The van der Waals surface area contributed by atoms with Crippen LogP contribution in [0, 0.1) is 17.8 Å². The van der Waals surface area contributed by atoms with Crippen molar-refractivity contribution < 1.29 is 19.4 Å². The van der Waals surface area contributed by atoms with Crippen LogP contribution in [-0.4, -0.2) is 48.2 Å². The number of ether oxygens (including phenoxy) is 1. The van der Waals surface area contributed by atoms with E-state index in [4.69, 9.17) is 4.74 Å². The van der Waals surface area contributed by atoms with Crippen molar-refractivity contribution in [3.8, 4) is 0 Å². The second-order valence-electron chi connectivity index (χ2n) is 6.54. The minimum Gasteiger partial charge on any atom is -0.481 e. The summed E-state index contributed by atoms with van der Waals surface area (Å²) < 4.78 is 5.35. The number of carboxylic acids is 1. The normalized spacial score (nSPS) is 25.7. The van der Waals surface area contributed by atoms with Crippen LogP contribution < -0.4 is 0 Å². The molecule has 3 rings (SSSR count).